The Balaban J connectivity index is 2.66. The van der Waals surface area contributed by atoms with Crippen LogP contribution in [0.3, 0.4) is 0 Å². The molecule has 0 aliphatic rings. The zero-order chi connectivity index (χ0) is 6.95. The molecular formula is C6H14O2Si. The first-order valence-electron chi connectivity index (χ1n) is 3.18. The lowest BCUT2D eigenvalue weighted by atomic mass is 10.8. The Morgan fingerprint density at radius 3 is 2.89 bits per heavy atom. The maximum absolute atomic E-state index is 5.18. The average Bonchev–Trinajstić information content (AvgIpc) is 1.89. The summed E-state index contributed by atoms with van der Waals surface area (Å²) in [7, 11) is -0.422. The van der Waals surface area contributed by atoms with Crippen LogP contribution in [0.15, 0.2) is 12.3 Å². The van der Waals surface area contributed by atoms with Crippen molar-refractivity contribution in [2.45, 2.75) is 6.92 Å². The van der Waals surface area contributed by atoms with Crippen molar-refractivity contribution in [2.24, 2.45) is 0 Å². The molecule has 0 bridgehead atoms. The summed E-state index contributed by atoms with van der Waals surface area (Å²) in [5.74, 6) is 0. The van der Waals surface area contributed by atoms with E-state index in [0.717, 1.165) is 19.8 Å². The highest BCUT2D eigenvalue weighted by molar-refractivity contribution is 6.33. The largest absolute Gasteiger partial charge is 0.417 e. The number of hydrogen-bond acceptors (Lipinski definition) is 2. The summed E-state index contributed by atoms with van der Waals surface area (Å²) in [6.45, 7) is 7.78. The molecule has 0 aromatic heterocycles. The molecule has 9 heavy (non-hydrogen) atoms. The minimum Gasteiger partial charge on any atom is -0.417 e. The van der Waals surface area contributed by atoms with E-state index in [2.05, 4.69) is 6.58 Å². The van der Waals surface area contributed by atoms with Crippen LogP contribution in [0.4, 0.5) is 0 Å². The predicted molar refractivity (Wildman–Crippen MR) is 41.2 cm³/mol. The molecule has 0 fully saturated rings. The highest BCUT2D eigenvalue weighted by Crippen LogP contribution is 1.75. The van der Waals surface area contributed by atoms with Crippen LogP contribution in [0.25, 0.3) is 0 Å². The standard InChI is InChI=1S/C6H14O2Si/c1-3-7-5-6-8-9-4-2/h4H,2-3,5-6,9H2,1H3. The Morgan fingerprint density at radius 1 is 1.56 bits per heavy atom. The van der Waals surface area contributed by atoms with Crippen LogP contribution in [0.2, 0.25) is 0 Å². The van der Waals surface area contributed by atoms with Gasteiger partial charge >= 0.3 is 0 Å². The zero-order valence-corrected chi connectivity index (χ0v) is 7.34. The van der Waals surface area contributed by atoms with Gasteiger partial charge in [-0.05, 0) is 6.92 Å². The third-order valence-electron chi connectivity index (χ3n) is 0.812. The Bertz CT molecular complexity index is 66.1. The molecule has 0 aliphatic heterocycles. The lowest BCUT2D eigenvalue weighted by Crippen LogP contribution is -2.05. The van der Waals surface area contributed by atoms with Crippen molar-refractivity contribution in [3.63, 3.8) is 0 Å². The molecule has 0 aromatic rings. The molecule has 0 unspecified atom stereocenters. The second kappa shape index (κ2) is 7.88. The minimum atomic E-state index is -0.422. The molecule has 3 heteroatoms. The maximum atomic E-state index is 5.18. The van der Waals surface area contributed by atoms with Gasteiger partial charge in [-0.2, -0.15) is 0 Å². The Morgan fingerprint density at radius 2 is 2.33 bits per heavy atom. The predicted octanol–water partition coefficient (Wildman–Crippen LogP) is 0.267. The molecule has 0 heterocycles. The van der Waals surface area contributed by atoms with Gasteiger partial charge in [0.25, 0.3) is 0 Å². The van der Waals surface area contributed by atoms with Gasteiger partial charge in [0.15, 0.2) is 9.76 Å². The summed E-state index contributed by atoms with van der Waals surface area (Å²) in [6.07, 6.45) is 0. The van der Waals surface area contributed by atoms with Crippen LogP contribution >= 0.6 is 0 Å². The molecule has 0 radical (unpaired) electrons. The van der Waals surface area contributed by atoms with Gasteiger partial charge in [0, 0.05) is 6.61 Å². The summed E-state index contributed by atoms with van der Waals surface area (Å²) in [5, 5.41) is 0. The van der Waals surface area contributed by atoms with Gasteiger partial charge in [-0.15, -0.1) is 6.58 Å². The molecule has 0 spiro atoms. The van der Waals surface area contributed by atoms with Crippen LogP contribution < -0.4 is 0 Å². The van der Waals surface area contributed by atoms with Crippen LogP contribution in [0.1, 0.15) is 6.92 Å². The average molecular weight is 146 g/mol. The van der Waals surface area contributed by atoms with Crippen molar-refractivity contribution in [3.8, 4) is 0 Å². The molecule has 0 saturated heterocycles. The van der Waals surface area contributed by atoms with Gasteiger partial charge in [0.05, 0.1) is 13.2 Å². The monoisotopic (exact) mass is 146 g/mol. The van der Waals surface area contributed by atoms with Crippen LogP contribution in [0.5, 0.6) is 0 Å². The van der Waals surface area contributed by atoms with E-state index in [1.165, 1.54) is 0 Å². The SMILES string of the molecule is C=C[SiH2]OCCOCC. The van der Waals surface area contributed by atoms with E-state index in [-0.39, 0.29) is 0 Å². The first-order chi connectivity index (χ1) is 4.41. The quantitative estimate of drug-likeness (QED) is 0.395. The molecule has 0 aromatic carbocycles. The molecule has 0 rings (SSSR count). The molecule has 0 amide bonds. The van der Waals surface area contributed by atoms with Crippen molar-refractivity contribution in [3.05, 3.63) is 12.3 Å². The number of hydrogen-bond donors (Lipinski definition) is 0. The van der Waals surface area contributed by atoms with E-state index in [1.807, 2.05) is 12.6 Å². The minimum absolute atomic E-state index is 0.422. The van der Waals surface area contributed by atoms with Crippen molar-refractivity contribution in [1.82, 2.24) is 0 Å². The number of ether oxygens (including phenoxy) is 1. The van der Waals surface area contributed by atoms with E-state index in [4.69, 9.17) is 9.16 Å². The molecule has 0 N–H and O–H groups in total. The molecule has 0 atom stereocenters. The smallest absolute Gasteiger partial charge is 0.184 e. The van der Waals surface area contributed by atoms with Gasteiger partial charge in [0.2, 0.25) is 0 Å². The van der Waals surface area contributed by atoms with Crippen molar-refractivity contribution in [1.29, 1.82) is 0 Å². The summed E-state index contributed by atoms with van der Waals surface area (Å²) in [5.41, 5.74) is 1.87. The summed E-state index contributed by atoms with van der Waals surface area (Å²) in [4.78, 5) is 0. The second-order valence-corrected chi connectivity index (χ2v) is 2.88. The third kappa shape index (κ3) is 7.88. The van der Waals surface area contributed by atoms with E-state index in [9.17, 15) is 0 Å². The van der Waals surface area contributed by atoms with Crippen molar-refractivity contribution in [2.75, 3.05) is 19.8 Å². The molecule has 0 aliphatic carbocycles. The van der Waals surface area contributed by atoms with Gasteiger partial charge in [-0.25, -0.2) is 0 Å². The van der Waals surface area contributed by atoms with E-state index in [1.54, 1.807) is 0 Å². The summed E-state index contributed by atoms with van der Waals surface area (Å²) in [6, 6.07) is 0. The molecular weight excluding hydrogens is 132 g/mol. The van der Waals surface area contributed by atoms with Crippen molar-refractivity contribution < 1.29 is 9.16 Å². The highest BCUT2D eigenvalue weighted by atomic mass is 28.2. The van der Waals surface area contributed by atoms with Gasteiger partial charge in [-0.1, -0.05) is 5.70 Å². The fourth-order valence-electron chi connectivity index (χ4n) is 0.429. The number of rotatable bonds is 6. The fraction of sp³-hybridized carbons (Fsp3) is 0.667. The summed E-state index contributed by atoms with van der Waals surface area (Å²) >= 11 is 0. The molecule has 0 saturated carbocycles. The fourth-order valence-corrected chi connectivity index (χ4v) is 0.880. The molecule has 2 nitrogen and oxygen atoms in total. The van der Waals surface area contributed by atoms with E-state index >= 15 is 0 Å². The van der Waals surface area contributed by atoms with Gasteiger partial charge in [0.1, 0.15) is 0 Å². The Kier molecular flexibility index (Phi) is 7.77. The normalized spacial score (nSPS) is 10.8. The van der Waals surface area contributed by atoms with Crippen LogP contribution in [-0.2, 0) is 9.16 Å². The maximum Gasteiger partial charge on any atom is 0.184 e. The Labute approximate surface area is 58.8 Å². The first kappa shape index (κ1) is 8.88. The van der Waals surface area contributed by atoms with Gasteiger partial charge < -0.3 is 9.16 Å². The first-order valence-corrected chi connectivity index (χ1v) is 4.57. The zero-order valence-electron chi connectivity index (χ0n) is 5.93. The summed E-state index contributed by atoms with van der Waals surface area (Å²) < 4.78 is 10.2. The van der Waals surface area contributed by atoms with Crippen LogP contribution in [0, 0.1) is 0 Å². The topological polar surface area (TPSA) is 18.5 Å². The van der Waals surface area contributed by atoms with E-state index < -0.39 is 9.76 Å². The lowest BCUT2D eigenvalue weighted by molar-refractivity contribution is 0.112. The second-order valence-electron chi connectivity index (χ2n) is 1.56. The van der Waals surface area contributed by atoms with Gasteiger partial charge in [-0.3, -0.25) is 0 Å². The Hall–Kier alpha value is -0.123. The van der Waals surface area contributed by atoms with Crippen LogP contribution in [-0.4, -0.2) is 29.6 Å². The third-order valence-corrected chi connectivity index (χ3v) is 1.57. The van der Waals surface area contributed by atoms with E-state index in [0.29, 0.717) is 0 Å². The molecule has 54 valence electrons. The highest BCUT2D eigenvalue weighted by Gasteiger charge is 1.82. The van der Waals surface area contributed by atoms with Crippen molar-refractivity contribution >= 4 is 9.76 Å². The lowest BCUT2D eigenvalue weighted by Gasteiger charge is -1.99.